The monoisotopic (exact) mass is 342 g/mol. The maximum atomic E-state index is 8.56. The summed E-state index contributed by atoms with van der Waals surface area (Å²) in [5.74, 6) is 0. The summed E-state index contributed by atoms with van der Waals surface area (Å²) in [6.07, 6.45) is -1.83. The van der Waals surface area contributed by atoms with Crippen LogP contribution in [0.3, 0.4) is 0 Å². The molecule has 0 fully saturated rings. The molecule has 26 heavy (non-hydrogen) atoms. The van der Waals surface area contributed by atoms with Crippen LogP contribution in [0.5, 0.6) is 0 Å². The van der Waals surface area contributed by atoms with Gasteiger partial charge in [0.1, 0.15) is 0 Å². The van der Waals surface area contributed by atoms with Crippen LogP contribution < -0.4 is 0 Å². The molecule has 0 aromatic heterocycles. The van der Waals surface area contributed by atoms with Gasteiger partial charge < -0.3 is 10.2 Å². The van der Waals surface area contributed by atoms with Crippen LogP contribution in [-0.4, -0.2) is 16.4 Å². The quantitative estimate of drug-likeness (QED) is 0.443. The van der Waals surface area contributed by atoms with Crippen LogP contribution in [-0.2, 0) is 0 Å². The Labute approximate surface area is 151 Å². The number of hydrogen-bond donors (Lipinski definition) is 2. The fourth-order valence-electron chi connectivity index (χ4n) is 2.85. The molecule has 0 spiro atoms. The topological polar surface area (TPSA) is 57.5 Å². The molecule has 0 atom stereocenters. The van der Waals surface area contributed by atoms with E-state index in [0.29, 0.717) is 0 Å². The van der Waals surface area contributed by atoms with Crippen LogP contribution >= 0.6 is 0 Å². The predicted molar refractivity (Wildman–Crippen MR) is 105 cm³/mol. The molecule has 3 heteroatoms. The Balaban J connectivity index is 0.000000447. The second-order valence-electron chi connectivity index (χ2n) is 5.79. The molecule has 0 heterocycles. The van der Waals surface area contributed by atoms with Crippen molar-refractivity contribution in [3.63, 3.8) is 0 Å². The number of carboxylic acid groups (broad SMARTS) is 2. The van der Waals surface area contributed by atoms with Crippen molar-refractivity contribution in [1.82, 2.24) is 0 Å². The third kappa shape index (κ3) is 4.28. The molecule has 128 valence electrons. The van der Waals surface area contributed by atoms with E-state index in [1.165, 1.54) is 33.0 Å². The van der Waals surface area contributed by atoms with Crippen LogP contribution in [0.15, 0.2) is 97.1 Å². The third-order valence-corrected chi connectivity index (χ3v) is 4.07. The molecule has 0 aliphatic heterocycles. The summed E-state index contributed by atoms with van der Waals surface area (Å²) in [6, 6.07) is 34.4. The van der Waals surface area contributed by atoms with Gasteiger partial charge in [-0.25, -0.2) is 4.79 Å². The molecule has 3 nitrogen and oxygen atoms in total. The van der Waals surface area contributed by atoms with Crippen LogP contribution in [0, 0.1) is 0 Å². The van der Waals surface area contributed by atoms with Gasteiger partial charge in [-0.1, -0.05) is 91.0 Å². The number of carbonyl (C=O) groups is 1. The predicted octanol–water partition coefficient (Wildman–Crippen LogP) is 6.40. The highest BCUT2D eigenvalue weighted by Crippen LogP contribution is 2.27. The lowest BCUT2D eigenvalue weighted by molar-refractivity contribution is 0.137. The normalized spacial score (nSPS) is 10.0. The van der Waals surface area contributed by atoms with E-state index < -0.39 is 6.16 Å². The number of rotatable bonds is 2. The summed E-state index contributed by atoms with van der Waals surface area (Å²) in [5, 5.41) is 16.5. The Bertz CT molecular complexity index is 1000. The van der Waals surface area contributed by atoms with Gasteiger partial charge in [-0.05, 0) is 39.1 Å². The first kappa shape index (κ1) is 17.2. The first-order valence-electron chi connectivity index (χ1n) is 8.20. The van der Waals surface area contributed by atoms with Gasteiger partial charge in [0.25, 0.3) is 0 Å². The Morgan fingerprint density at radius 3 is 1.54 bits per heavy atom. The van der Waals surface area contributed by atoms with Crippen molar-refractivity contribution in [2.75, 3.05) is 0 Å². The summed E-state index contributed by atoms with van der Waals surface area (Å²) >= 11 is 0. The molecule has 0 aliphatic rings. The molecule has 4 aromatic carbocycles. The minimum absolute atomic E-state index is 1.25. The van der Waals surface area contributed by atoms with Gasteiger partial charge >= 0.3 is 6.16 Å². The molecule has 4 aromatic rings. The zero-order chi connectivity index (χ0) is 18.4. The van der Waals surface area contributed by atoms with Gasteiger partial charge in [0.05, 0.1) is 0 Å². The highest BCUT2D eigenvalue weighted by atomic mass is 16.6. The molecule has 0 amide bonds. The second kappa shape index (κ2) is 7.99. The molecular weight excluding hydrogens is 324 g/mol. The van der Waals surface area contributed by atoms with Crippen molar-refractivity contribution < 1.29 is 15.0 Å². The lowest BCUT2D eigenvalue weighted by Gasteiger charge is -2.06. The maximum absolute atomic E-state index is 8.56. The van der Waals surface area contributed by atoms with E-state index in [0.717, 1.165) is 0 Å². The van der Waals surface area contributed by atoms with Gasteiger partial charge in [-0.3, -0.25) is 0 Å². The molecule has 0 aliphatic carbocycles. The van der Waals surface area contributed by atoms with E-state index in [1.54, 1.807) is 0 Å². The van der Waals surface area contributed by atoms with Crippen LogP contribution in [0.25, 0.3) is 33.0 Å². The van der Waals surface area contributed by atoms with Crippen molar-refractivity contribution >= 4 is 16.9 Å². The summed E-state index contributed by atoms with van der Waals surface area (Å²) < 4.78 is 0. The second-order valence-corrected chi connectivity index (χ2v) is 5.79. The lowest BCUT2D eigenvalue weighted by Crippen LogP contribution is -1.81. The van der Waals surface area contributed by atoms with Gasteiger partial charge in [0.15, 0.2) is 0 Å². The first-order valence-corrected chi connectivity index (χ1v) is 8.20. The van der Waals surface area contributed by atoms with E-state index >= 15 is 0 Å². The SMILES string of the molecule is O=C(O)O.c1ccc(-c2ccc(-c3ccc4ccccc4c3)cc2)cc1. The molecular formula is C23H18O3. The van der Waals surface area contributed by atoms with Crippen molar-refractivity contribution in [3.8, 4) is 22.3 Å². The number of benzene rings is 4. The van der Waals surface area contributed by atoms with Gasteiger partial charge in [-0.15, -0.1) is 0 Å². The fourth-order valence-corrected chi connectivity index (χ4v) is 2.85. The van der Waals surface area contributed by atoms with Crippen molar-refractivity contribution in [2.24, 2.45) is 0 Å². The zero-order valence-electron chi connectivity index (χ0n) is 14.0. The number of hydrogen-bond acceptors (Lipinski definition) is 1. The Morgan fingerprint density at radius 2 is 0.923 bits per heavy atom. The van der Waals surface area contributed by atoms with E-state index in [4.69, 9.17) is 15.0 Å². The summed E-state index contributed by atoms with van der Waals surface area (Å²) in [5.41, 5.74) is 5.03. The maximum Gasteiger partial charge on any atom is 0.503 e. The molecule has 0 bridgehead atoms. The Hall–Kier alpha value is -3.59. The van der Waals surface area contributed by atoms with E-state index in [9.17, 15) is 0 Å². The Morgan fingerprint density at radius 1 is 0.500 bits per heavy atom. The van der Waals surface area contributed by atoms with E-state index in [-0.39, 0.29) is 0 Å². The van der Waals surface area contributed by atoms with Crippen LogP contribution in [0.1, 0.15) is 0 Å². The van der Waals surface area contributed by atoms with Crippen molar-refractivity contribution in [3.05, 3.63) is 97.1 Å². The average Bonchev–Trinajstić information content (AvgIpc) is 2.68. The lowest BCUT2D eigenvalue weighted by atomic mass is 9.98. The van der Waals surface area contributed by atoms with E-state index in [2.05, 4.69) is 91.0 Å². The van der Waals surface area contributed by atoms with Crippen LogP contribution in [0.4, 0.5) is 4.79 Å². The van der Waals surface area contributed by atoms with Crippen molar-refractivity contribution in [2.45, 2.75) is 0 Å². The summed E-state index contributed by atoms with van der Waals surface area (Å²) in [6.45, 7) is 0. The average molecular weight is 342 g/mol. The van der Waals surface area contributed by atoms with Gasteiger partial charge in [-0.2, -0.15) is 0 Å². The highest BCUT2D eigenvalue weighted by Gasteiger charge is 2.01. The van der Waals surface area contributed by atoms with Crippen LogP contribution in [0.2, 0.25) is 0 Å². The fraction of sp³-hybridized carbons (Fsp3) is 0. The molecule has 0 saturated carbocycles. The minimum atomic E-state index is -1.83. The highest BCUT2D eigenvalue weighted by molar-refractivity contribution is 5.87. The first-order chi connectivity index (χ1) is 12.6. The molecule has 2 N–H and O–H groups in total. The summed E-state index contributed by atoms with van der Waals surface area (Å²) in [4.78, 5) is 8.56. The van der Waals surface area contributed by atoms with E-state index in [1.807, 2.05) is 6.07 Å². The Kier molecular flexibility index (Phi) is 5.30. The largest absolute Gasteiger partial charge is 0.503 e. The van der Waals surface area contributed by atoms with Crippen molar-refractivity contribution in [1.29, 1.82) is 0 Å². The van der Waals surface area contributed by atoms with Gasteiger partial charge in [0, 0.05) is 0 Å². The smallest absolute Gasteiger partial charge is 0.450 e. The minimum Gasteiger partial charge on any atom is -0.450 e. The zero-order valence-corrected chi connectivity index (χ0v) is 14.0. The number of fused-ring (bicyclic) bond motifs is 1. The molecule has 0 saturated heterocycles. The molecule has 0 unspecified atom stereocenters. The summed E-state index contributed by atoms with van der Waals surface area (Å²) in [7, 11) is 0. The molecule has 0 radical (unpaired) electrons. The third-order valence-electron chi connectivity index (χ3n) is 4.07. The van der Waals surface area contributed by atoms with Gasteiger partial charge in [0.2, 0.25) is 0 Å². The standard InChI is InChI=1S/C22H16.CH2O3/c1-2-6-17(7-3-1)19-10-12-20(13-11-19)22-15-14-18-8-4-5-9-21(18)16-22;2-1(3)4/h1-16H;(H2,2,3,4). The molecule has 4 rings (SSSR count).